The molecule has 1 saturated carbocycles. The molecule has 0 radical (unpaired) electrons. The maximum absolute atomic E-state index is 14.9. The van der Waals surface area contributed by atoms with Crippen LogP contribution in [0.1, 0.15) is 42.7 Å². The molecule has 0 N–H and O–H groups in total. The number of ether oxygens (including phenoxy) is 3. The van der Waals surface area contributed by atoms with Crippen molar-refractivity contribution in [2.75, 3.05) is 14.2 Å². The maximum atomic E-state index is 14.9. The highest BCUT2D eigenvalue weighted by atomic mass is 19.2. The summed E-state index contributed by atoms with van der Waals surface area (Å²) in [6, 6.07) is 14.7. The van der Waals surface area contributed by atoms with Gasteiger partial charge in [0.1, 0.15) is 12.4 Å². The van der Waals surface area contributed by atoms with E-state index in [-0.39, 0.29) is 29.9 Å². The van der Waals surface area contributed by atoms with Crippen LogP contribution in [0.25, 0.3) is 11.1 Å². The SMILES string of the molecule is COc1ccc(OCc2ccc(-c3ccc(C4CCC(OC)CC4)c(F)c3F)cc2)c(F)c1. The lowest BCUT2D eigenvalue weighted by atomic mass is 9.82. The third kappa shape index (κ3) is 5.17. The second-order valence-corrected chi connectivity index (χ2v) is 8.32. The molecule has 0 heterocycles. The van der Waals surface area contributed by atoms with Gasteiger partial charge in [-0.2, -0.15) is 0 Å². The van der Waals surface area contributed by atoms with Crippen LogP contribution in [0.2, 0.25) is 0 Å². The van der Waals surface area contributed by atoms with Crippen molar-refractivity contribution < 1.29 is 27.4 Å². The predicted octanol–water partition coefficient (Wildman–Crippen LogP) is 7.03. The molecule has 4 rings (SSSR count). The molecule has 3 aromatic carbocycles. The average Bonchev–Trinajstić information content (AvgIpc) is 2.85. The Bertz CT molecular complexity index is 1090. The van der Waals surface area contributed by atoms with Gasteiger partial charge in [-0.1, -0.05) is 36.4 Å². The molecule has 1 aliphatic rings. The molecule has 0 amide bonds. The van der Waals surface area contributed by atoms with Crippen molar-refractivity contribution in [2.24, 2.45) is 0 Å². The maximum Gasteiger partial charge on any atom is 0.168 e. The summed E-state index contributed by atoms with van der Waals surface area (Å²) in [4.78, 5) is 0. The van der Waals surface area contributed by atoms with Crippen molar-refractivity contribution >= 4 is 0 Å². The number of hydrogen-bond acceptors (Lipinski definition) is 3. The molecular weight excluding hydrogens is 429 g/mol. The standard InChI is InChI=1S/C27H27F3O3/c1-31-20-9-7-19(8-10-20)23-13-12-22(26(29)27(23)30)18-5-3-17(4-6-18)16-33-25-14-11-21(32-2)15-24(25)28/h3-6,11-15,19-20H,7-10,16H2,1-2H3. The van der Waals surface area contributed by atoms with Gasteiger partial charge in [-0.25, -0.2) is 13.2 Å². The van der Waals surface area contributed by atoms with E-state index in [1.165, 1.54) is 19.2 Å². The summed E-state index contributed by atoms with van der Waals surface area (Å²) >= 11 is 0. The van der Waals surface area contributed by atoms with Crippen LogP contribution < -0.4 is 9.47 Å². The van der Waals surface area contributed by atoms with Gasteiger partial charge in [0, 0.05) is 18.7 Å². The Morgan fingerprint density at radius 3 is 2.18 bits per heavy atom. The van der Waals surface area contributed by atoms with Gasteiger partial charge in [0.25, 0.3) is 0 Å². The molecule has 1 fully saturated rings. The second-order valence-electron chi connectivity index (χ2n) is 8.32. The van der Waals surface area contributed by atoms with Gasteiger partial charge in [-0.15, -0.1) is 0 Å². The van der Waals surface area contributed by atoms with Crippen LogP contribution in [-0.4, -0.2) is 20.3 Å². The van der Waals surface area contributed by atoms with E-state index < -0.39 is 17.5 Å². The largest absolute Gasteiger partial charge is 0.497 e. The fourth-order valence-corrected chi connectivity index (χ4v) is 4.38. The lowest BCUT2D eigenvalue weighted by Gasteiger charge is -2.28. The highest BCUT2D eigenvalue weighted by Gasteiger charge is 2.26. The lowest BCUT2D eigenvalue weighted by Crippen LogP contribution is -2.20. The van der Waals surface area contributed by atoms with E-state index >= 15 is 0 Å². The first kappa shape index (κ1) is 23.2. The highest BCUT2D eigenvalue weighted by molar-refractivity contribution is 5.65. The normalized spacial score (nSPS) is 18.2. The Morgan fingerprint density at radius 1 is 0.818 bits per heavy atom. The summed E-state index contributed by atoms with van der Waals surface area (Å²) < 4.78 is 59.8. The minimum Gasteiger partial charge on any atom is -0.497 e. The van der Waals surface area contributed by atoms with Gasteiger partial charge >= 0.3 is 0 Å². The monoisotopic (exact) mass is 456 g/mol. The van der Waals surface area contributed by atoms with Crippen LogP contribution in [0.15, 0.2) is 54.6 Å². The summed E-state index contributed by atoms with van der Waals surface area (Å²) in [7, 11) is 3.15. The number of halogens is 3. The van der Waals surface area contributed by atoms with E-state index in [9.17, 15) is 13.2 Å². The van der Waals surface area contributed by atoms with Gasteiger partial charge in [-0.3, -0.25) is 0 Å². The van der Waals surface area contributed by atoms with Crippen molar-refractivity contribution in [2.45, 2.75) is 44.3 Å². The number of methoxy groups -OCH3 is 2. The third-order valence-corrected chi connectivity index (χ3v) is 6.36. The molecule has 3 aromatic rings. The lowest BCUT2D eigenvalue weighted by molar-refractivity contribution is 0.0655. The first-order valence-electron chi connectivity index (χ1n) is 11.1. The predicted molar refractivity (Wildman–Crippen MR) is 121 cm³/mol. The molecule has 0 aromatic heterocycles. The number of rotatable bonds is 7. The van der Waals surface area contributed by atoms with E-state index in [0.717, 1.165) is 31.2 Å². The fourth-order valence-electron chi connectivity index (χ4n) is 4.38. The highest BCUT2D eigenvalue weighted by Crippen LogP contribution is 2.37. The number of hydrogen-bond donors (Lipinski definition) is 0. The quantitative estimate of drug-likeness (QED) is 0.382. The van der Waals surface area contributed by atoms with Gasteiger partial charge in [0.2, 0.25) is 0 Å². The Balaban J connectivity index is 1.45. The average molecular weight is 457 g/mol. The summed E-state index contributed by atoms with van der Waals surface area (Å²) in [5.74, 6) is -1.58. The van der Waals surface area contributed by atoms with E-state index in [1.54, 1.807) is 49.6 Å². The molecule has 0 unspecified atom stereocenters. The van der Waals surface area contributed by atoms with E-state index in [4.69, 9.17) is 14.2 Å². The zero-order valence-electron chi connectivity index (χ0n) is 18.7. The molecule has 0 bridgehead atoms. The first-order chi connectivity index (χ1) is 16.0. The Morgan fingerprint density at radius 2 is 1.55 bits per heavy atom. The second kappa shape index (κ2) is 10.3. The summed E-state index contributed by atoms with van der Waals surface area (Å²) in [5.41, 5.74) is 2.01. The van der Waals surface area contributed by atoms with E-state index in [0.29, 0.717) is 16.9 Å². The molecule has 174 valence electrons. The molecule has 0 spiro atoms. The number of benzene rings is 3. The Labute approximate surface area is 192 Å². The minimum atomic E-state index is -0.828. The van der Waals surface area contributed by atoms with Crippen LogP contribution in [0, 0.1) is 17.5 Å². The van der Waals surface area contributed by atoms with Crippen LogP contribution in [0.4, 0.5) is 13.2 Å². The first-order valence-corrected chi connectivity index (χ1v) is 11.1. The molecule has 33 heavy (non-hydrogen) atoms. The zero-order valence-corrected chi connectivity index (χ0v) is 18.7. The fraction of sp³-hybridized carbons (Fsp3) is 0.333. The van der Waals surface area contributed by atoms with Gasteiger partial charge in [0.05, 0.1) is 13.2 Å². The molecule has 3 nitrogen and oxygen atoms in total. The Hall–Kier alpha value is -2.99. The van der Waals surface area contributed by atoms with Crippen molar-refractivity contribution in [3.05, 3.63) is 83.2 Å². The third-order valence-electron chi connectivity index (χ3n) is 6.36. The van der Waals surface area contributed by atoms with Gasteiger partial charge in [-0.05, 0) is 60.4 Å². The topological polar surface area (TPSA) is 27.7 Å². The minimum absolute atomic E-state index is 0.0119. The van der Waals surface area contributed by atoms with Crippen molar-refractivity contribution in [1.29, 1.82) is 0 Å². The van der Waals surface area contributed by atoms with Gasteiger partial charge < -0.3 is 14.2 Å². The molecule has 0 aliphatic heterocycles. The van der Waals surface area contributed by atoms with Crippen molar-refractivity contribution in [3.63, 3.8) is 0 Å². The summed E-state index contributed by atoms with van der Waals surface area (Å²) in [6.07, 6.45) is 3.49. The summed E-state index contributed by atoms with van der Waals surface area (Å²) in [6.45, 7) is 0.142. The van der Waals surface area contributed by atoms with E-state index in [1.807, 2.05) is 0 Å². The zero-order chi connectivity index (χ0) is 23.4. The van der Waals surface area contributed by atoms with Crippen molar-refractivity contribution in [3.8, 4) is 22.6 Å². The molecule has 1 aliphatic carbocycles. The molecule has 0 atom stereocenters. The molecule has 0 saturated heterocycles. The van der Waals surface area contributed by atoms with Gasteiger partial charge in [0.15, 0.2) is 23.2 Å². The van der Waals surface area contributed by atoms with Crippen LogP contribution in [0.3, 0.4) is 0 Å². The van der Waals surface area contributed by atoms with Crippen LogP contribution in [-0.2, 0) is 11.3 Å². The molecular formula is C27H27F3O3. The van der Waals surface area contributed by atoms with Crippen LogP contribution >= 0.6 is 0 Å². The van der Waals surface area contributed by atoms with Crippen molar-refractivity contribution in [1.82, 2.24) is 0 Å². The summed E-state index contributed by atoms with van der Waals surface area (Å²) in [5, 5.41) is 0. The smallest absolute Gasteiger partial charge is 0.168 e. The Kier molecular flexibility index (Phi) is 7.23. The molecule has 6 heteroatoms. The van der Waals surface area contributed by atoms with Crippen LogP contribution in [0.5, 0.6) is 11.5 Å². The van der Waals surface area contributed by atoms with E-state index in [2.05, 4.69) is 0 Å².